The summed E-state index contributed by atoms with van der Waals surface area (Å²) in [6, 6.07) is 4.13. The molecule has 3 rings (SSSR count). The van der Waals surface area contributed by atoms with E-state index in [9.17, 15) is 0 Å². The summed E-state index contributed by atoms with van der Waals surface area (Å²) in [5.41, 5.74) is 1.17. The van der Waals surface area contributed by atoms with Crippen LogP contribution in [0.15, 0.2) is 29.0 Å². The van der Waals surface area contributed by atoms with E-state index in [2.05, 4.69) is 55.4 Å². The summed E-state index contributed by atoms with van der Waals surface area (Å²) < 4.78 is 3.33. The molecule has 1 unspecified atom stereocenters. The Morgan fingerprint density at radius 3 is 3.24 bits per heavy atom. The Kier molecular flexibility index (Phi) is 3.43. The van der Waals surface area contributed by atoms with Crippen LogP contribution in [0.2, 0.25) is 0 Å². The summed E-state index contributed by atoms with van der Waals surface area (Å²) >= 11 is 5.68. The quantitative estimate of drug-likeness (QED) is 0.836. The van der Waals surface area contributed by atoms with Gasteiger partial charge >= 0.3 is 0 Å². The molecule has 1 aliphatic rings. The molecule has 0 radical (unpaired) electrons. The van der Waals surface area contributed by atoms with Gasteiger partial charge in [0.25, 0.3) is 0 Å². The highest BCUT2D eigenvalue weighted by atomic mass is 79.9. The second-order valence-electron chi connectivity index (χ2n) is 4.48. The third kappa shape index (κ3) is 2.38. The van der Waals surface area contributed by atoms with Crippen molar-refractivity contribution in [3.05, 3.63) is 34.8 Å². The Balaban J connectivity index is 1.87. The molecular formula is C13H15BrN2S. The van der Waals surface area contributed by atoms with E-state index < -0.39 is 0 Å². The number of aromatic nitrogens is 2. The average molecular weight is 311 g/mol. The summed E-state index contributed by atoms with van der Waals surface area (Å²) in [7, 11) is 0. The maximum absolute atomic E-state index is 4.57. The number of hydrogen-bond donors (Lipinski definition) is 0. The molecule has 90 valence electrons. The van der Waals surface area contributed by atoms with E-state index in [1.165, 1.54) is 36.4 Å². The van der Waals surface area contributed by atoms with Crippen molar-refractivity contribution in [3.63, 3.8) is 0 Å². The van der Waals surface area contributed by atoms with Crippen LogP contribution >= 0.6 is 27.7 Å². The predicted octanol–water partition coefficient (Wildman–Crippen LogP) is 3.93. The first-order valence-corrected chi connectivity index (χ1v) is 7.91. The lowest BCUT2D eigenvalue weighted by molar-refractivity contribution is 0.646. The minimum Gasteiger partial charge on any atom is -0.303 e. The van der Waals surface area contributed by atoms with Crippen molar-refractivity contribution < 1.29 is 0 Å². The van der Waals surface area contributed by atoms with Gasteiger partial charge in [0.05, 0.1) is 11.7 Å². The molecule has 1 fully saturated rings. The SMILES string of the molecule is Brc1cccn2c(CC3CCCCS3)ncc12. The second kappa shape index (κ2) is 5.02. The summed E-state index contributed by atoms with van der Waals surface area (Å²) in [5, 5.41) is 0.758. The van der Waals surface area contributed by atoms with E-state index in [-0.39, 0.29) is 0 Å². The first-order chi connectivity index (χ1) is 8.34. The zero-order valence-corrected chi connectivity index (χ0v) is 12.0. The number of pyridine rings is 1. The molecule has 0 N–H and O–H groups in total. The van der Waals surface area contributed by atoms with Gasteiger partial charge in [-0.25, -0.2) is 4.98 Å². The van der Waals surface area contributed by atoms with E-state index in [0.717, 1.165) is 16.1 Å². The summed E-state index contributed by atoms with van der Waals surface area (Å²) in [6.45, 7) is 0. The van der Waals surface area contributed by atoms with Crippen LogP contribution < -0.4 is 0 Å². The lowest BCUT2D eigenvalue weighted by Crippen LogP contribution is -2.14. The first kappa shape index (κ1) is 11.6. The Morgan fingerprint density at radius 2 is 2.41 bits per heavy atom. The molecule has 0 saturated carbocycles. The van der Waals surface area contributed by atoms with Gasteiger partial charge in [-0.1, -0.05) is 6.42 Å². The molecule has 4 heteroatoms. The van der Waals surface area contributed by atoms with E-state index in [1.807, 2.05) is 6.20 Å². The second-order valence-corrected chi connectivity index (χ2v) is 6.74. The molecule has 3 heterocycles. The predicted molar refractivity (Wildman–Crippen MR) is 76.7 cm³/mol. The average Bonchev–Trinajstić information content (AvgIpc) is 2.76. The molecule has 0 spiro atoms. The molecule has 1 saturated heterocycles. The Bertz CT molecular complexity index is 517. The standard InChI is InChI=1S/C13H15BrN2S/c14-11-5-3-6-16-12(11)9-15-13(16)8-10-4-1-2-7-17-10/h3,5-6,9-10H,1-2,4,7-8H2. The molecule has 2 nitrogen and oxygen atoms in total. The zero-order chi connectivity index (χ0) is 11.7. The normalized spacial score (nSPS) is 20.9. The Morgan fingerprint density at radius 1 is 1.47 bits per heavy atom. The van der Waals surface area contributed by atoms with Crippen LogP contribution in [0.4, 0.5) is 0 Å². The topological polar surface area (TPSA) is 17.3 Å². The summed E-state index contributed by atoms with van der Waals surface area (Å²) in [4.78, 5) is 4.57. The van der Waals surface area contributed by atoms with Crippen molar-refractivity contribution in [1.82, 2.24) is 9.38 Å². The molecular weight excluding hydrogens is 296 g/mol. The number of thioether (sulfide) groups is 1. The maximum Gasteiger partial charge on any atom is 0.114 e. The number of rotatable bonds is 2. The van der Waals surface area contributed by atoms with Crippen molar-refractivity contribution in [3.8, 4) is 0 Å². The Labute approximate surface area is 114 Å². The molecule has 2 aromatic heterocycles. The van der Waals surface area contributed by atoms with E-state index >= 15 is 0 Å². The van der Waals surface area contributed by atoms with Gasteiger partial charge in [-0.3, -0.25) is 0 Å². The molecule has 17 heavy (non-hydrogen) atoms. The molecule has 1 aliphatic heterocycles. The van der Waals surface area contributed by atoms with Crippen LogP contribution in [0.5, 0.6) is 0 Å². The molecule has 1 atom stereocenters. The van der Waals surface area contributed by atoms with Gasteiger partial charge in [-0.05, 0) is 46.7 Å². The maximum atomic E-state index is 4.57. The van der Waals surface area contributed by atoms with Crippen molar-refractivity contribution in [1.29, 1.82) is 0 Å². The number of halogens is 1. The lowest BCUT2D eigenvalue weighted by atomic mass is 10.1. The van der Waals surface area contributed by atoms with Crippen LogP contribution in [0.1, 0.15) is 25.1 Å². The van der Waals surface area contributed by atoms with Crippen molar-refractivity contribution in [2.24, 2.45) is 0 Å². The molecule has 0 bridgehead atoms. The van der Waals surface area contributed by atoms with Crippen molar-refractivity contribution in [2.45, 2.75) is 30.9 Å². The van der Waals surface area contributed by atoms with Gasteiger partial charge in [-0.15, -0.1) is 0 Å². The third-order valence-corrected chi connectivity index (χ3v) is 5.35. The third-order valence-electron chi connectivity index (χ3n) is 3.28. The van der Waals surface area contributed by atoms with Crippen LogP contribution in [-0.2, 0) is 6.42 Å². The number of hydrogen-bond acceptors (Lipinski definition) is 2. The van der Waals surface area contributed by atoms with Gasteiger partial charge in [-0.2, -0.15) is 11.8 Å². The highest BCUT2D eigenvalue weighted by molar-refractivity contribution is 9.10. The highest BCUT2D eigenvalue weighted by Gasteiger charge is 2.17. The van der Waals surface area contributed by atoms with Gasteiger partial charge in [0.2, 0.25) is 0 Å². The van der Waals surface area contributed by atoms with Crippen LogP contribution in [-0.4, -0.2) is 20.4 Å². The van der Waals surface area contributed by atoms with Crippen molar-refractivity contribution >= 4 is 33.2 Å². The summed E-state index contributed by atoms with van der Waals surface area (Å²) in [6.07, 6.45) is 9.27. The van der Waals surface area contributed by atoms with E-state index in [1.54, 1.807) is 0 Å². The Hall–Kier alpha value is -0.480. The zero-order valence-electron chi connectivity index (χ0n) is 9.60. The fourth-order valence-corrected chi connectivity index (χ4v) is 4.11. The van der Waals surface area contributed by atoms with Gasteiger partial charge in [0.15, 0.2) is 0 Å². The van der Waals surface area contributed by atoms with Gasteiger partial charge in [0, 0.05) is 22.3 Å². The molecule has 0 aliphatic carbocycles. The minimum absolute atomic E-state index is 0.758. The molecule has 0 aromatic carbocycles. The first-order valence-electron chi connectivity index (χ1n) is 6.06. The fourth-order valence-electron chi connectivity index (χ4n) is 2.36. The highest BCUT2D eigenvalue weighted by Crippen LogP contribution is 2.28. The molecule has 0 amide bonds. The number of nitrogens with zero attached hydrogens (tertiary/aromatic N) is 2. The van der Waals surface area contributed by atoms with Gasteiger partial charge in [0.1, 0.15) is 5.82 Å². The number of fused-ring (bicyclic) bond motifs is 1. The van der Waals surface area contributed by atoms with Gasteiger partial charge < -0.3 is 4.40 Å². The van der Waals surface area contributed by atoms with E-state index in [4.69, 9.17) is 0 Å². The van der Waals surface area contributed by atoms with E-state index in [0.29, 0.717) is 0 Å². The van der Waals surface area contributed by atoms with Crippen molar-refractivity contribution in [2.75, 3.05) is 5.75 Å². The fraction of sp³-hybridized carbons (Fsp3) is 0.462. The summed E-state index contributed by atoms with van der Waals surface area (Å²) in [5.74, 6) is 2.51. The largest absolute Gasteiger partial charge is 0.303 e. The van der Waals surface area contributed by atoms with Crippen LogP contribution in [0.25, 0.3) is 5.52 Å². The van der Waals surface area contributed by atoms with Crippen LogP contribution in [0.3, 0.4) is 0 Å². The minimum atomic E-state index is 0.758. The van der Waals surface area contributed by atoms with Crippen LogP contribution in [0, 0.1) is 0 Å². The lowest BCUT2D eigenvalue weighted by Gasteiger charge is -2.20. The smallest absolute Gasteiger partial charge is 0.114 e. The monoisotopic (exact) mass is 310 g/mol. The number of imidazole rings is 1. The molecule has 2 aromatic rings.